The van der Waals surface area contributed by atoms with Crippen molar-refractivity contribution in [1.82, 2.24) is 5.32 Å². The van der Waals surface area contributed by atoms with Gasteiger partial charge in [0.1, 0.15) is 5.84 Å². The normalized spacial score (nSPS) is 12.2. The van der Waals surface area contributed by atoms with Gasteiger partial charge >= 0.3 is 0 Å². The van der Waals surface area contributed by atoms with E-state index < -0.39 is 0 Å². The number of hydrogen-bond donors (Lipinski definition) is 2. The Morgan fingerprint density at radius 3 is 2.61 bits per heavy atom. The van der Waals surface area contributed by atoms with Crippen LogP contribution in [-0.2, 0) is 0 Å². The Morgan fingerprint density at radius 2 is 2.06 bits per heavy atom. The number of carbonyl (C=O) groups is 1. The van der Waals surface area contributed by atoms with Gasteiger partial charge in [-0.15, -0.1) is 0 Å². The minimum atomic E-state index is -0.162. The highest BCUT2D eigenvalue weighted by Gasteiger charge is 2.11. The van der Waals surface area contributed by atoms with E-state index in [1.165, 1.54) is 0 Å². The second-order valence-corrected chi connectivity index (χ2v) is 3.87. The van der Waals surface area contributed by atoms with Crippen molar-refractivity contribution in [2.45, 2.75) is 6.92 Å². The van der Waals surface area contributed by atoms with Crippen LogP contribution in [0.4, 0.5) is 5.69 Å². The number of hydrogen-bond acceptors (Lipinski definition) is 2. The molecule has 0 saturated heterocycles. The first kappa shape index (κ1) is 14.3. The predicted molar refractivity (Wildman–Crippen MR) is 76.4 cm³/mol. The number of amidine groups is 1. The van der Waals surface area contributed by atoms with Crippen LogP contribution in [-0.4, -0.2) is 25.8 Å². The molecule has 18 heavy (non-hydrogen) atoms. The van der Waals surface area contributed by atoms with Gasteiger partial charge in [0, 0.05) is 14.1 Å². The summed E-state index contributed by atoms with van der Waals surface area (Å²) in [6, 6.07) is 7.18. The van der Waals surface area contributed by atoms with Crippen molar-refractivity contribution < 1.29 is 4.79 Å². The van der Waals surface area contributed by atoms with Gasteiger partial charge in [-0.3, -0.25) is 9.79 Å². The van der Waals surface area contributed by atoms with Gasteiger partial charge in [0.05, 0.1) is 16.3 Å². The maximum Gasteiger partial charge on any atom is 0.253 e. The number of allylic oxidation sites excluding steroid dienone is 1. The monoisotopic (exact) mass is 265 g/mol. The highest BCUT2D eigenvalue weighted by molar-refractivity contribution is 6.45. The Hall–Kier alpha value is -1.81. The van der Waals surface area contributed by atoms with Crippen LogP contribution in [0.25, 0.3) is 0 Å². The molecule has 1 amide bonds. The predicted octanol–water partition coefficient (Wildman–Crippen LogP) is 2.63. The maximum atomic E-state index is 11.7. The average Bonchev–Trinajstić information content (AvgIpc) is 2.43. The molecule has 96 valence electrons. The molecule has 0 saturated carbocycles. The Kier molecular flexibility index (Phi) is 5.39. The fourth-order valence-corrected chi connectivity index (χ4v) is 1.54. The molecule has 0 aliphatic carbocycles. The number of benzene rings is 1. The van der Waals surface area contributed by atoms with Crippen molar-refractivity contribution in [3.8, 4) is 0 Å². The zero-order chi connectivity index (χ0) is 13.5. The number of nitrogens with zero attached hydrogens (tertiary/aromatic N) is 1. The highest BCUT2D eigenvalue weighted by atomic mass is 35.5. The van der Waals surface area contributed by atoms with Crippen molar-refractivity contribution in [3.63, 3.8) is 0 Å². The van der Waals surface area contributed by atoms with E-state index in [1.807, 2.05) is 13.0 Å². The van der Waals surface area contributed by atoms with E-state index in [0.717, 1.165) is 0 Å². The molecule has 0 unspecified atom stereocenters. The largest absolute Gasteiger partial charge is 0.355 e. The van der Waals surface area contributed by atoms with Gasteiger partial charge in [-0.25, -0.2) is 0 Å². The number of rotatable bonds is 3. The number of anilines is 1. The second kappa shape index (κ2) is 6.81. The second-order valence-electron chi connectivity index (χ2n) is 3.46. The van der Waals surface area contributed by atoms with Crippen LogP contribution < -0.4 is 10.6 Å². The van der Waals surface area contributed by atoms with Crippen molar-refractivity contribution in [1.29, 1.82) is 0 Å². The van der Waals surface area contributed by atoms with Crippen LogP contribution in [0.5, 0.6) is 0 Å². The van der Waals surface area contributed by atoms with Crippen LogP contribution in [0.3, 0.4) is 0 Å². The van der Waals surface area contributed by atoms with Crippen LogP contribution >= 0.6 is 11.6 Å². The molecule has 0 spiro atoms. The van der Waals surface area contributed by atoms with Gasteiger partial charge in [0.2, 0.25) is 0 Å². The number of amides is 1. The van der Waals surface area contributed by atoms with Crippen molar-refractivity contribution in [3.05, 3.63) is 40.9 Å². The van der Waals surface area contributed by atoms with Crippen LogP contribution in [0.1, 0.15) is 17.3 Å². The van der Waals surface area contributed by atoms with Crippen LogP contribution in [0.15, 0.2) is 40.4 Å². The van der Waals surface area contributed by atoms with Gasteiger partial charge in [-0.2, -0.15) is 0 Å². The van der Waals surface area contributed by atoms with Gasteiger partial charge in [0.15, 0.2) is 0 Å². The lowest BCUT2D eigenvalue weighted by Gasteiger charge is -2.12. The Morgan fingerprint density at radius 1 is 1.39 bits per heavy atom. The Balaban J connectivity index is 3.08. The first-order chi connectivity index (χ1) is 8.63. The van der Waals surface area contributed by atoms with E-state index in [1.54, 1.807) is 38.4 Å². The van der Waals surface area contributed by atoms with E-state index in [2.05, 4.69) is 15.6 Å². The number of halogens is 1. The summed E-state index contributed by atoms with van der Waals surface area (Å²) in [6.45, 7) is 1.82. The third-order valence-corrected chi connectivity index (χ3v) is 2.75. The van der Waals surface area contributed by atoms with E-state index in [4.69, 9.17) is 11.6 Å². The number of para-hydroxylation sites is 1. The fraction of sp³-hybridized carbons (Fsp3) is 0.231. The summed E-state index contributed by atoms with van der Waals surface area (Å²) in [5.74, 6) is 0.362. The fourth-order valence-electron chi connectivity index (χ4n) is 1.41. The lowest BCUT2D eigenvalue weighted by atomic mass is 10.1. The molecule has 0 aromatic heterocycles. The lowest BCUT2D eigenvalue weighted by Crippen LogP contribution is -2.21. The van der Waals surface area contributed by atoms with E-state index >= 15 is 0 Å². The van der Waals surface area contributed by atoms with Crippen LogP contribution in [0, 0.1) is 0 Å². The first-order valence-corrected chi connectivity index (χ1v) is 5.89. The molecule has 4 nitrogen and oxygen atoms in total. The molecule has 0 radical (unpaired) electrons. The molecule has 0 atom stereocenters. The van der Waals surface area contributed by atoms with Crippen LogP contribution in [0.2, 0.25) is 0 Å². The molecule has 2 N–H and O–H groups in total. The number of nitrogens with one attached hydrogen (secondary N) is 2. The summed E-state index contributed by atoms with van der Waals surface area (Å²) in [4.78, 5) is 15.8. The summed E-state index contributed by atoms with van der Waals surface area (Å²) < 4.78 is 0. The Labute approximate surface area is 112 Å². The van der Waals surface area contributed by atoms with E-state index in [9.17, 15) is 4.79 Å². The van der Waals surface area contributed by atoms with Gasteiger partial charge < -0.3 is 10.6 Å². The Bertz CT molecular complexity index is 495. The third kappa shape index (κ3) is 3.34. The molecule has 1 aromatic rings. The molecular weight excluding hydrogens is 250 g/mol. The molecule has 5 heteroatoms. The van der Waals surface area contributed by atoms with E-state index in [0.29, 0.717) is 22.1 Å². The number of aliphatic imine (C=N–C) groups is 1. The summed E-state index contributed by atoms with van der Waals surface area (Å²) in [7, 11) is 3.23. The van der Waals surface area contributed by atoms with Gasteiger partial charge in [-0.05, 0) is 19.1 Å². The molecular formula is C13H16ClN3O. The molecule has 0 fully saturated rings. The number of carbonyl (C=O) groups excluding carboxylic acids is 1. The SMILES string of the molecule is C/C=C(/Cl)C(=NC)Nc1ccccc1C(=O)NC. The highest BCUT2D eigenvalue weighted by Crippen LogP contribution is 2.17. The summed E-state index contributed by atoms with van der Waals surface area (Å²) in [6.07, 6.45) is 1.74. The zero-order valence-corrected chi connectivity index (χ0v) is 11.4. The minimum Gasteiger partial charge on any atom is -0.355 e. The average molecular weight is 266 g/mol. The minimum absolute atomic E-state index is 0.162. The molecule has 0 bridgehead atoms. The maximum absolute atomic E-state index is 11.7. The van der Waals surface area contributed by atoms with Crippen molar-refractivity contribution in [2.75, 3.05) is 19.4 Å². The molecule has 1 rings (SSSR count). The molecule has 0 aliphatic heterocycles. The summed E-state index contributed by atoms with van der Waals surface area (Å²) >= 11 is 6.01. The topological polar surface area (TPSA) is 53.5 Å². The van der Waals surface area contributed by atoms with Gasteiger partial charge in [-0.1, -0.05) is 29.8 Å². The quantitative estimate of drug-likeness (QED) is 0.652. The third-order valence-electron chi connectivity index (χ3n) is 2.36. The summed E-state index contributed by atoms with van der Waals surface area (Å²) in [5, 5.41) is 6.15. The molecule has 1 aromatic carbocycles. The van der Waals surface area contributed by atoms with Crippen molar-refractivity contribution >= 4 is 29.0 Å². The molecule has 0 aliphatic rings. The smallest absolute Gasteiger partial charge is 0.253 e. The van der Waals surface area contributed by atoms with Crippen molar-refractivity contribution in [2.24, 2.45) is 4.99 Å². The van der Waals surface area contributed by atoms with Gasteiger partial charge in [0.25, 0.3) is 5.91 Å². The zero-order valence-electron chi connectivity index (χ0n) is 10.6. The first-order valence-electron chi connectivity index (χ1n) is 5.51. The lowest BCUT2D eigenvalue weighted by molar-refractivity contribution is 0.0964. The summed E-state index contributed by atoms with van der Waals surface area (Å²) in [5.41, 5.74) is 1.21. The van der Waals surface area contributed by atoms with E-state index in [-0.39, 0.29) is 5.91 Å². The molecule has 0 heterocycles. The standard InChI is InChI=1S/C13H16ClN3O/c1-4-10(14)12(15-2)17-11-8-6-5-7-9(11)13(18)16-3/h4-8H,1-3H3,(H,15,17)(H,16,18)/b10-4+.